The first-order chi connectivity index (χ1) is 10.3. The van der Waals surface area contributed by atoms with Gasteiger partial charge in [-0.3, -0.25) is 4.79 Å². The Morgan fingerprint density at radius 1 is 1.17 bits per heavy atom. The number of alkyl halides is 6. The lowest BCUT2D eigenvalue weighted by Gasteiger charge is -2.13. The van der Waals surface area contributed by atoms with E-state index in [9.17, 15) is 31.1 Å². The first-order valence-electron chi connectivity index (χ1n) is 5.75. The van der Waals surface area contributed by atoms with E-state index < -0.39 is 35.8 Å². The second-order valence-electron chi connectivity index (χ2n) is 4.02. The maximum Gasteiger partial charge on any atom is 0.490 e. The third-order valence-electron chi connectivity index (χ3n) is 2.34. The molecule has 0 radical (unpaired) electrons. The lowest BCUT2D eigenvalue weighted by molar-refractivity contribution is -0.192. The molecule has 0 saturated carbocycles. The van der Waals surface area contributed by atoms with E-state index in [-0.39, 0.29) is 5.56 Å². The highest BCUT2D eigenvalue weighted by Gasteiger charge is 2.38. The molecule has 130 valence electrons. The molecule has 0 unspecified atom stereocenters. The maximum absolute atomic E-state index is 12.4. The molecule has 0 heterocycles. The zero-order valence-electron chi connectivity index (χ0n) is 11.5. The van der Waals surface area contributed by atoms with Crippen LogP contribution in [0, 0.1) is 0 Å². The molecule has 1 aromatic carbocycles. The highest BCUT2D eigenvalue weighted by atomic mass is 19.4. The Morgan fingerprint density at radius 3 is 2.00 bits per heavy atom. The largest absolute Gasteiger partial charge is 0.490 e. The molecule has 0 aliphatic carbocycles. The fourth-order valence-corrected chi connectivity index (χ4v) is 1.22. The molecule has 1 aromatic rings. The van der Waals surface area contributed by atoms with Gasteiger partial charge in [0.25, 0.3) is 0 Å². The van der Waals surface area contributed by atoms with Crippen LogP contribution in [0.25, 0.3) is 0 Å². The summed E-state index contributed by atoms with van der Waals surface area (Å²) in [6.45, 7) is 0. The number of rotatable bonds is 2. The molecule has 1 amide bonds. The van der Waals surface area contributed by atoms with E-state index >= 15 is 0 Å². The van der Waals surface area contributed by atoms with Gasteiger partial charge in [-0.1, -0.05) is 12.1 Å². The molecule has 0 saturated heterocycles. The van der Waals surface area contributed by atoms with E-state index in [0.29, 0.717) is 0 Å². The van der Waals surface area contributed by atoms with Crippen LogP contribution >= 0.6 is 0 Å². The number of amides is 1. The number of aliphatic carboxylic acids is 1. The van der Waals surface area contributed by atoms with Crippen LogP contribution < -0.4 is 11.1 Å². The fraction of sp³-hybridized carbons (Fsp3) is 0.333. The molecule has 0 bridgehead atoms. The van der Waals surface area contributed by atoms with Gasteiger partial charge < -0.3 is 16.2 Å². The summed E-state index contributed by atoms with van der Waals surface area (Å²) in [6, 6.07) is 3.32. The average Bonchev–Trinajstić information content (AvgIpc) is 2.44. The first kappa shape index (κ1) is 20.7. The topological polar surface area (TPSA) is 92.4 Å². The van der Waals surface area contributed by atoms with Crippen molar-refractivity contribution in [2.24, 2.45) is 5.73 Å². The van der Waals surface area contributed by atoms with E-state index in [1.54, 1.807) is 0 Å². The summed E-state index contributed by atoms with van der Waals surface area (Å²) in [5.41, 5.74) is 4.80. The molecule has 5 nitrogen and oxygen atoms in total. The SMILES string of the molecule is CNC(=O)[C@H](N)c1cccc(C(F)(F)F)c1.O=C(O)C(F)(F)F. The molecule has 0 aromatic heterocycles. The van der Waals surface area contributed by atoms with Crippen LogP contribution in [-0.4, -0.2) is 30.2 Å². The second-order valence-corrected chi connectivity index (χ2v) is 4.02. The summed E-state index contributed by atoms with van der Waals surface area (Å²) in [4.78, 5) is 20.1. The molecular formula is C12H12F6N2O3. The van der Waals surface area contributed by atoms with Gasteiger partial charge in [-0.2, -0.15) is 26.3 Å². The van der Waals surface area contributed by atoms with Crippen molar-refractivity contribution < 1.29 is 41.0 Å². The zero-order chi connectivity index (χ0) is 18.4. The second kappa shape index (κ2) is 7.81. The summed E-state index contributed by atoms with van der Waals surface area (Å²) in [6.07, 6.45) is -9.52. The first-order valence-corrected chi connectivity index (χ1v) is 5.75. The molecule has 11 heteroatoms. The van der Waals surface area contributed by atoms with Crippen molar-refractivity contribution >= 4 is 11.9 Å². The van der Waals surface area contributed by atoms with Crippen molar-refractivity contribution in [3.63, 3.8) is 0 Å². The number of nitrogens with two attached hydrogens (primary N) is 1. The van der Waals surface area contributed by atoms with Crippen molar-refractivity contribution in [3.8, 4) is 0 Å². The highest BCUT2D eigenvalue weighted by molar-refractivity contribution is 5.82. The maximum atomic E-state index is 12.4. The van der Waals surface area contributed by atoms with E-state index in [0.717, 1.165) is 12.1 Å². The standard InChI is InChI=1S/C10H11F3N2O.C2HF3O2/c1-15-9(16)8(14)6-3-2-4-7(5-6)10(11,12)13;3-2(4,5)1(6)7/h2-5,8H,14H2,1H3,(H,15,16);(H,6,7)/t8-;/m1./s1. The van der Waals surface area contributed by atoms with Crippen LogP contribution in [0.1, 0.15) is 17.2 Å². The van der Waals surface area contributed by atoms with Gasteiger partial charge in [0, 0.05) is 7.05 Å². The van der Waals surface area contributed by atoms with Gasteiger partial charge in [0.15, 0.2) is 0 Å². The number of halogens is 6. The Hall–Kier alpha value is -2.30. The minimum absolute atomic E-state index is 0.133. The fourth-order valence-electron chi connectivity index (χ4n) is 1.22. The Bertz CT molecular complexity index is 556. The third-order valence-corrected chi connectivity index (χ3v) is 2.34. The van der Waals surface area contributed by atoms with E-state index in [1.165, 1.54) is 19.2 Å². The number of nitrogens with one attached hydrogen (secondary N) is 1. The summed E-state index contributed by atoms with van der Waals surface area (Å²) in [5.74, 6) is -3.29. The molecule has 23 heavy (non-hydrogen) atoms. The summed E-state index contributed by atoms with van der Waals surface area (Å²) >= 11 is 0. The van der Waals surface area contributed by atoms with Gasteiger partial charge in [0.1, 0.15) is 6.04 Å². The van der Waals surface area contributed by atoms with Gasteiger partial charge in [0.2, 0.25) is 5.91 Å². The highest BCUT2D eigenvalue weighted by Crippen LogP contribution is 2.30. The molecule has 0 spiro atoms. The molecule has 0 fully saturated rings. The van der Waals surface area contributed by atoms with Crippen molar-refractivity contribution in [2.75, 3.05) is 7.05 Å². The quantitative estimate of drug-likeness (QED) is 0.715. The number of carbonyl (C=O) groups excluding carboxylic acids is 1. The predicted molar refractivity (Wildman–Crippen MR) is 66.1 cm³/mol. The van der Waals surface area contributed by atoms with Crippen molar-refractivity contribution in [1.29, 1.82) is 0 Å². The third kappa shape index (κ3) is 7.00. The van der Waals surface area contributed by atoms with Crippen LogP contribution in [0.2, 0.25) is 0 Å². The number of likely N-dealkylation sites (N-methyl/N-ethyl adjacent to an activating group) is 1. The molecule has 1 rings (SSSR count). The van der Waals surface area contributed by atoms with Crippen LogP contribution in [0.15, 0.2) is 24.3 Å². The van der Waals surface area contributed by atoms with Crippen LogP contribution in [0.5, 0.6) is 0 Å². The monoisotopic (exact) mass is 346 g/mol. The normalized spacial score (nSPS) is 12.7. The number of carboxylic acids is 1. The number of carboxylic acid groups (broad SMARTS) is 1. The predicted octanol–water partition coefficient (Wildman–Crippen LogP) is 2.08. The molecule has 0 aliphatic rings. The Kier molecular flexibility index (Phi) is 7.03. The number of hydrogen-bond acceptors (Lipinski definition) is 3. The Labute approximate surface area is 126 Å². The number of benzene rings is 1. The number of carbonyl (C=O) groups is 2. The lowest BCUT2D eigenvalue weighted by Crippen LogP contribution is -2.31. The van der Waals surface area contributed by atoms with E-state index in [2.05, 4.69) is 5.32 Å². The van der Waals surface area contributed by atoms with Gasteiger partial charge in [-0.15, -0.1) is 0 Å². The zero-order valence-corrected chi connectivity index (χ0v) is 11.5. The van der Waals surface area contributed by atoms with E-state index in [1.807, 2.05) is 0 Å². The Morgan fingerprint density at radius 2 is 1.65 bits per heavy atom. The lowest BCUT2D eigenvalue weighted by atomic mass is 10.0. The van der Waals surface area contributed by atoms with Crippen LogP contribution in [0.3, 0.4) is 0 Å². The summed E-state index contributed by atoms with van der Waals surface area (Å²) < 4.78 is 68.9. The van der Waals surface area contributed by atoms with Crippen molar-refractivity contribution in [1.82, 2.24) is 5.32 Å². The minimum Gasteiger partial charge on any atom is -0.475 e. The average molecular weight is 346 g/mol. The van der Waals surface area contributed by atoms with Crippen molar-refractivity contribution in [3.05, 3.63) is 35.4 Å². The number of hydrogen-bond donors (Lipinski definition) is 3. The molecule has 4 N–H and O–H groups in total. The molecule has 1 atom stereocenters. The summed E-state index contributed by atoms with van der Waals surface area (Å²) in [5, 5.41) is 9.40. The van der Waals surface area contributed by atoms with Gasteiger partial charge in [-0.05, 0) is 17.7 Å². The van der Waals surface area contributed by atoms with E-state index in [4.69, 9.17) is 15.6 Å². The van der Waals surface area contributed by atoms with Crippen LogP contribution in [0.4, 0.5) is 26.3 Å². The smallest absolute Gasteiger partial charge is 0.475 e. The minimum atomic E-state index is -5.08. The summed E-state index contributed by atoms with van der Waals surface area (Å²) in [7, 11) is 1.37. The molecular weight excluding hydrogens is 334 g/mol. The van der Waals surface area contributed by atoms with Gasteiger partial charge in [-0.25, -0.2) is 4.79 Å². The van der Waals surface area contributed by atoms with Crippen molar-refractivity contribution in [2.45, 2.75) is 18.4 Å². The van der Waals surface area contributed by atoms with Crippen LogP contribution in [-0.2, 0) is 15.8 Å². The van der Waals surface area contributed by atoms with Gasteiger partial charge in [0.05, 0.1) is 5.56 Å². The molecule has 0 aliphatic heterocycles. The van der Waals surface area contributed by atoms with Gasteiger partial charge >= 0.3 is 18.3 Å². The Balaban J connectivity index is 0.000000585.